The Labute approximate surface area is 140 Å². The minimum absolute atomic E-state index is 0.0716. The van der Waals surface area contributed by atoms with Gasteiger partial charge in [0.25, 0.3) is 5.69 Å². The Morgan fingerprint density at radius 2 is 1.91 bits per heavy atom. The molecule has 1 heterocycles. The number of hydrogen-bond acceptors (Lipinski definition) is 4. The van der Waals surface area contributed by atoms with Crippen molar-refractivity contribution in [3.8, 4) is 0 Å². The summed E-state index contributed by atoms with van der Waals surface area (Å²) in [6.07, 6.45) is 1.08. The molecule has 122 valence electrons. The second-order valence-electron chi connectivity index (χ2n) is 5.60. The zero-order chi connectivity index (χ0) is 16.3. The van der Waals surface area contributed by atoms with Gasteiger partial charge in [-0.2, -0.15) is 0 Å². The summed E-state index contributed by atoms with van der Waals surface area (Å²) in [5.41, 5.74) is 0.647. The number of nitro benzene ring substituents is 1. The summed E-state index contributed by atoms with van der Waals surface area (Å²) >= 11 is 12.5. The minimum Gasteiger partial charge on any atom is -0.369 e. The Balaban J connectivity index is 2.12. The van der Waals surface area contributed by atoms with Crippen LogP contribution in [0.15, 0.2) is 12.1 Å². The van der Waals surface area contributed by atoms with Crippen LogP contribution in [0.4, 0.5) is 11.4 Å². The predicted octanol–water partition coefficient (Wildman–Crippen LogP) is 4.07. The third-order valence-electron chi connectivity index (χ3n) is 4.23. The summed E-state index contributed by atoms with van der Waals surface area (Å²) in [5, 5.41) is 11.5. The third kappa shape index (κ3) is 3.83. The zero-order valence-electron chi connectivity index (χ0n) is 12.9. The molecule has 0 radical (unpaired) electrons. The van der Waals surface area contributed by atoms with Crippen LogP contribution < -0.4 is 4.90 Å². The molecule has 0 saturated carbocycles. The maximum Gasteiger partial charge on any atom is 0.272 e. The molecule has 0 aromatic heterocycles. The van der Waals surface area contributed by atoms with Gasteiger partial charge in [-0.05, 0) is 25.4 Å². The number of rotatable bonds is 6. The van der Waals surface area contributed by atoms with Gasteiger partial charge in [0.15, 0.2) is 0 Å². The zero-order valence-corrected chi connectivity index (χ0v) is 14.4. The summed E-state index contributed by atoms with van der Waals surface area (Å²) in [7, 11) is 0. The first kappa shape index (κ1) is 17.3. The summed E-state index contributed by atoms with van der Waals surface area (Å²) in [6.45, 7) is 9.25. The first-order valence-corrected chi connectivity index (χ1v) is 8.32. The number of anilines is 1. The van der Waals surface area contributed by atoms with Crippen molar-refractivity contribution in [3.05, 3.63) is 32.3 Å². The normalized spacial score (nSPS) is 18.2. The lowest BCUT2D eigenvalue weighted by molar-refractivity contribution is -0.384. The molecule has 1 aromatic carbocycles. The fourth-order valence-electron chi connectivity index (χ4n) is 2.99. The molecular weight excluding hydrogens is 325 g/mol. The molecule has 7 heteroatoms. The van der Waals surface area contributed by atoms with E-state index in [1.165, 1.54) is 12.1 Å². The Bertz CT molecular complexity index is 527. The van der Waals surface area contributed by atoms with Gasteiger partial charge < -0.3 is 9.80 Å². The van der Waals surface area contributed by atoms with Crippen LogP contribution >= 0.6 is 23.2 Å². The average Bonchev–Trinajstić information content (AvgIpc) is 2.92. The molecule has 0 bridgehead atoms. The van der Waals surface area contributed by atoms with E-state index >= 15 is 0 Å². The first-order valence-electron chi connectivity index (χ1n) is 7.57. The second-order valence-corrected chi connectivity index (χ2v) is 6.42. The fourth-order valence-corrected chi connectivity index (χ4v) is 3.71. The largest absolute Gasteiger partial charge is 0.369 e. The minimum atomic E-state index is -0.477. The van der Waals surface area contributed by atoms with Crippen LogP contribution in [-0.4, -0.2) is 42.5 Å². The molecule has 0 amide bonds. The molecule has 1 saturated heterocycles. The van der Waals surface area contributed by atoms with Crippen molar-refractivity contribution in [1.82, 2.24) is 4.90 Å². The summed E-state index contributed by atoms with van der Waals surface area (Å²) in [4.78, 5) is 14.9. The highest BCUT2D eigenvalue weighted by atomic mass is 35.5. The van der Waals surface area contributed by atoms with Crippen molar-refractivity contribution in [2.45, 2.75) is 20.3 Å². The van der Waals surface area contributed by atoms with Crippen molar-refractivity contribution >= 4 is 34.6 Å². The van der Waals surface area contributed by atoms with Crippen LogP contribution in [0.5, 0.6) is 0 Å². The van der Waals surface area contributed by atoms with E-state index < -0.39 is 4.92 Å². The Morgan fingerprint density at radius 3 is 2.41 bits per heavy atom. The van der Waals surface area contributed by atoms with Gasteiger partial charge in [0.1, 0.15) is 0 Å². The quantitative estimate of drug-likeness (QED) is 0.576. The summed E-state index contributed by atoms with van der Waals surface area (Å²) in [5.74, 6) is 0.572. The number of nitro groups is 1. The lowest BCUT2D eigenvalue weighted by Gasteiger charge is -2.24. The molecule has 1 atom stereocenters. The molecule has 0 N–H and O–H groups in total. The highest BCUT2D eigenvalue weighted by Gasteiger charge is 2.27. The molecule has 1 unspecified atom stereocenters. The number of hydrogen-bond donors (Lipinski definition) is 0. The molecule has 5 nitrogen and oxygen atoms in total. The van der Waals surface area contributed by atoms with E-state index in [2.05, 4.69) is 23.6 Å². The van der Waals surface area contributed by atoms with Crippen molar-refractivity contribution in [3.63, 3.8) is 0 Å². The van der Waals surface area contributed by atoms with Crippen LogP contribution in [0.2, 0.25) is 10.0 Å². The monoisotopic (exact) mass is 345 g/mol. The van der Waals surface area contributed by atoms with Crippen LogP contribution in [0.25, 0.3) is 0 Å². The Hall–Kier alpha value is -1.04. The van der Waals surface area contributed by atoms with Crippen molar-refractivity contribution in [1.29, 1.82) is 0 Å². The van der Waals surface area contributed by atoms with Crippen molar-refractivity contribution in [2.75, 3.05) is 37.6 Å². The van der Waals surface area contributed by atoms with Gasteiger partial charge >= 0.3 is 0 Å². The van der Waals surface area contributed by atoms with E-state index in [0.717, 1.165) is 44.8 Å². The molecule has 1 aromatic rings. The average molecular weight is 346 g/mol. The second kappa shape index (κ2) is 7.49. The summed E-state index contributed by atoms with van der Waals surface area (Å²) < 4.78 is 0. The van der Waals surface area contributed by atoms with Crippen LogP contribution in [-0.2, 0) is 0 Å². The van der Waals surface area contributed by atoms with Gasteiger partial charge in [-0.15, -0.1) is 0 Å². The van der Waals surface area contributed by atoms with Crippen molar-refractivity contribution in [2.24, 2.45) is 5.92 Å². The van der Waals surface area contributed by atoms with Gasteiger partial charge in [-0.1, -0.05) is 37.0 Å². The van der Waals surface area contributed by atoms with E-state index in [9.17, 15) is 10.1 Å². The van der Waals surface area contributed by atoms with E-state index in [1.807, 2.05) is 0 Å². The van der Waals surface area contributed by atoms with Gasteiger partial charge in [-0.25, -0.2) is 0 Å². The van der Waals surface area contributed by atoms with E-state index in [0.29, 0.717) is 16.0 Å². The third-order valence-corrected chi connectivity index (χ3v) is 4.80. The molecule has 0 spiro atoms. The number of nitrogens with zero attached hydrogens (tertiary/aromatic N) is 3. The lowest BCUT2D eigenvalue weighted by atomic mass is 10.1. The standard InChI is InChI=1S/C15H21Cl2N3O2/c1-3-18(4-2)9-11-5-6-19(10-11)15-13(16)7-12(20(21)22)8-14(15)17/h7-8,11H,3-6,9-10H2,1-2H3. The molecular formula is C15H21Cl2N3O2. The number of benzene rings is 1. The number of non-ortho nitro benzene ring substituents is 1. The molecule has 2 rings (SSSR count). The highest BCUT2D eigenvalue weighted by molar-refractivity contribution is 6.39. The van der Waals surface area contributed by atoms with Crippen LogP contribution in [0.3, 0.4) is 0 Å². The maximum absolute atomic E-state index is 10.8. The van der Waals surface area contributed by atoms with Gasteiger partial charge in [0, 0.05) is 31.8 Å². The summed E-state index contributed by atoms with van der Waals surface area (Å²) in [6, 6.07) is 2.75. The van der Waals surface area contributed by atoms with Crippen LogP contribution in [0.1, 0.15) is 20.3 Å². The Kier molecular flexibility index (Phi) is 5.89. The SMILES string of the molecule is CCN(CC)CC1CCN(c2c(Cl)cc([N+](=O)[O-])cc2Cl)C1. The molecule has 1 aliphatic heterocycles. The molecule has 1 fully saturated rings. The lowest BCUT2D eigenvalue weighted by Crippen LogP contribution is -2.31. The van der Waals surface area contributed by atoms with Crippen LogP contribution in [0, 0.1) is 16.0 Å². The van der Waals surface area contributed by atoms with E-state index in [1.54, 1.807) is 0 Å². The smallest absolute Gasteiger partial charge is 0.272 e. The van der Waals surface area contributed by atoms with Gasteiger partial charge in [0.05, 0.1) is 20.7 Å². The van der Waals surface area contributed by atoms with Gasteiger partial charge in [0.2, 0.25) is 0 Å². The van der Waals surface area contributed by atoms with Crippen molar-refractivity contribution < 1.29 is 4.92 Å². The first-order chi connectivity index (χ1) is 10.5. The maximum atomic E-state index is 10.8. The molecule has 1 aliphatic rings. The number of halogens is 2. The van der Waals surface area contributed by atoms with Gasteiger partial charge in [-0.3, -0.25) is 10.1 Å². The van der Waals surface area contributed by atoms with E-state index in [4.69, 9.17) is 23.2 Å². The highest BCUT2D eigenvalue weighted by Crippen LogP contribution is 2.39. The molecule has 0 aliphatic carbocycles. The van der Waals surface area contributed by atoms with E-state index in [-0.39, 0.29) is 5.69 Å². The fraction of sp³-hybridized carbons (Fsp3) is 0.600. The Morgan fingerprint density at radius 1 is 1.32 bits per heavy atom. The predicted molar refractivity (Wildman–Crippen MR) is 91.2 cm³/mol. The topological polar surface area (TPSA) is 49.6 Å². The molecule has 22 heavy (non-hydrogen) atoms.